The highest BCUT2D eigenvalue weighted by atomic mass is 79.9. The molecule has 4 rings (SSSR count). The number of aromatic nitrogens is 1. The topological polar surface area (TPSA) is 46.6 Å². The molecule has 0 radical (unpaired) electrons. The average molecular weight is 456 g/mol. The zero-order valence-corrected chi connectivity index (χ0v) is 18.5. The summed E-state index contributed by atoms with van der Waals surface area (Å²) in [6.07, 6.45) is 4.03. The zero-order valence-electron chi connectivity index (χ0n) is 16.9. The fourth-order valence-electron chi connectivity index (χ4n) is 3.79. The van der Waals surface area contributed by atoms with Gasteiger partial charge in [0.2, 0.25) is 0 Å². The summed E-state index contributed by atoms with van der Waals surface area (Å²) in [6.45, 7) is 6.22. The van der Waals surface area contributed by atoms with Crippen LogP contribution in [0.2, 0.25) is 0 Å². The molecule has 1 aromatic heterocycles. The Kier molecular flexibility index (Phi) is 6.39. The molecule has 3 heterocycles. The third-order valence-corrected chi connectivity index (χ3v) is 5.92. The van der Waals surface area contributed by atoms with Crippen molar-refractivity contribution in [1.29, 1.82) is 0 Å². The number of nitrogens with zero attached hydrogens (tertiary/aromatic N) is 2. The number of rotatable bonds is 3. The number of fused-ring (bicyclic) bond motifs is 1. The summed E-state index contributed by atoms with van der Waals surface area (Å²) in [5.74, 6) is 6.79. The third-order valence-electron chi connectivity index (χ3n) is 5.46. The van der Waals surface area contributed by atoms with Gasteiger partial charge in [-0.2, -0.15) is 0 Å². The number of hydrogen-bond donors (Lipinski definition) is 1. The molecule has 1 saturated heterocycles. The van der Waals surface area contributed by atoms with Crippen molar-refractivity contribution in [3.63, 3.8) is 0 Å². The van der Waals surface area contributed by atoms with Crippen molar-refractivity contribution in [1.82, 2.24) is 4.98 Å². The van der Waals surface area contributed by atoms with E-state index >= 15 is 0 Å². The Morgan fingerprint density at radius 2 is 2.00 bits per heavy atom. The number of morpholine rings is 1. The normalized spacial score (nSPS) is 17.0. The lowest BCUT2D eigenvalue weighted by Crippen LogP contribution is -2.36. The molecular weight excluding hydrogens is 430 g/mol. The van der Waals surface area contributed by atoms with Gasteiger partial charge in [-0.15, -0.1) is 0 Å². The molecule has 152 valence electrons. The number of pyridine rings is 1. The van der Waals surface area contributed by atoms with Crippen molar-refractivity contribution in [3.05, 3.63) is 51.3 Å². The largest absolute Gasteiger partial charge is 0.384 e. The number of anilines is 2. The van der Waals surface area contributed by atoms with Crippen LogP contribution < -0.4 is 10.2 Å². The molecule has 0 amide bonds. The van der Waals surface area contributed by atoms with Gasteiger partial charge < -0.3 is 19.7 Å². The second kappa shape index (κ2) is 9.17. The molecule has 2 aliphatic rings. The van der Waals surface area contributed by atoms with Crippen molar-refractivity contribution in [2.45, 2.75) is 25.9 Å². The second-order valence-corrected chi connectivity index (χ2v) is 8.29. The second-order valence-electron chi connectivity index (χ2n) is 7.37. The van der Waals surface area contributed by atoms with Crippen molar-refractivity contribution in [2.24, 2.45) is 0 Å². The Bertz CT molecular complexity index is 945. The van der Waals surface area contributed by atoms with E-state index in [0.29, 0.717) is 0 Å². The highest BCUT2D eigenvalue weighted by Crippen LogP contribution is 2.30. The Morgan fingerprint density at radius 1 is 1.21 bits per heavy atom. The molecular formula is C23H26BrN3O2. The molecule has 0 unspecified atom stereocenters. The molecule has 1 fully saturated rings. The van der Waals surface area contributed by atoms with E-state index in [2.05, 4.69) is 56.2 Å². The van der Waals surface area contributed by atoms with Crippen LogP contribution in [0.15, 0.2) is 28.9 Å². The Hall–Kier alpha value is -2.07. The van der Waals surface area contributed by atoms with E-state index < -0.39 is 0 Å². The third kappa shape index (κ3) is 4.58. The lowest BCUT2D eigenvalue weighted by atomic mass is 9.99. The highest BCUT2D eigenvalue weighted by molar-refractivity contribution is 9.10. The number of hydrogen-bond acceptors (Lipinski definition) is 5. The first kappa shape index (κ1) is 20.2. The van der Waals surface area contributed by atoms with Crippen molar-refractivity contribution < 1.29 is 9.47 Å². The Morgan fingerprint density at radius 3 is 2.79 bits per heavy atom. The van der Waals surface area contributed by atoms with Crippen LogP contribution in [0.3, 0.4) is 0 Å². The fraction of sp³-hybridized carbons (Fsp3) is 0.435. The summed E-state index contributed by atoms with van der Waals surface area (Å²) in [7, 11) is 1.70. The molecule has 1 atom stereocenters. The zero-order chi connectivity index (χ0) is 20.2. The lowest BCUT2D eigenvalue weighted by Gasteiger charge is -2.29. The fourth-order valence-corrected chi connectivity index (χ4v) is 4.29. The predicted octanol–water partition coefficient (Wildman–Crippen LogP) is 4.15. The minimum absolute atomic E-state index is 0.118. The first-order valence-electron chi connectivity index (χ1n) is 10.1. The van der Waals surface area contributed by atoms with Gasteiger partial charge in [0, 0.05) is 36.8 Å². The van der Waals surface area contributed by atoms with E-state index in [1.807, 2.05) is 13.1 Å². The van der Waals surface area contributed by atoms with Crippen molar-refractivity contribution >= 4 is 27.3 Å². The first-order valence-corrected chi connectivity index (χ1v) is 10.9. The van der Waals surface area contributed by atoms with Crippen LogP contribution in [0.1, 0.15) is 41.8 Å². The van der Waals surface area contributed by atoms with E-state index in [1.165, 1.54) is 5.56 Å². The number of nitrogens with one attached hydrogen (secondary N) is 1. The van der Waals surface area contributed by atoms with Gasteiger partial charge in [0.25, 0.3) is 0 Å². The van der Waals surface area contributed by atoms with Crippen LogP contribution in [-0.4, -0.2) is 44.9 Å². The molecule has 5 nitrogen and oxygen atoms in total. The average Bonchev–Trinajstić information content (AvgIpc) is 2.77. The molecule has 2 aliphatic heterocycles. The standard InChI is InChI=1S/C23H26BrN3O2/c1-16(28-2)22-19(14-21(15-26-22)27-8-10-29-11-9-27)6-5-18-13-20(24)12-17-4-3-7-25-23(17)18/h12-16,25H,3-4,7-11H2,1-2H3/t16-/m0/s1. The van der Waals surface area contributed by atoms with Gasteiger partial charge in [0.05, 0.1) is 48.1 Å². The van der Waals surface area contributed by atoms with Gasteiger partial charge in [0.15, 0.2) is 0 Å². The first-order chi connectivity index (χ1) is 14.2. The Labute approximate surface area is 180 Å². The van der Waals surface area contributed by atoms with E-state index in [9.17, 15) is 0 Å². The number of aryl methyl sites for hydroxylation is 1. The molecule has 1 aromatic carbocycles. The number of benzene rings is 1. The SMILES string of the molecule is CO[C@@H](C)c1ncc(N2CCOCC2)cc1C#Cc1cc(Br)cc2c1NCCC2. The molecule has 0 aliphatic carbocycles. The van der Waals surface area contributed by atoms with E-state index in [1.54, 1.807) is 7.11 Å². The van der Waals surface area contributed by atoms with Gasteiger partial charge in [0.1, 0.15) is 0 Å². The van der Waals surface area contributed by atoms with Gasteiger partial charge in [-0.1, -0.05) is 27.8 Å². The van der Waals surface area contributed by atoms with Crippen LogP contribution in [0, 0.1) is 11.8 Å². The summed E-state index contributed by atoms with van der Waals surface area (Å²) < 4.78 is 12.1. The highest BCUT2D eigenvalue weighted by Gasteiger charge is 2.17. The summed E-state index contributed by atoms with van der Waals surface area (Å²) in [5.41, 5.74) is 6.36. The van der Waals surface area contributed by atoms with E-state index in [-0.39, 0.29) is 6.10 Å². The molecule has 6 heteroatoms. The maximum Gasteiger partial charge on any atom is 0.0975 e. The number of methoxy groups -OCH3 is 1. The van der Waals surface area contributed by atoms with Gasteiger partial charge in [-0.25, -0.2) is 0 Å². The van der Waals surface area contributed by atoms with Gasteiger partial charge in [-0.3, -0.25) is 4.98 Å². The lowest BCUT2D eigenvalue weighted by molar-refractivity contribution is 0.115. The summed E-state index contributed by atoms with van der Waals surface area (Å²) in [5, 5.41) is 3.52. The van der Waals surface area contributed by atoms with Crippen LogP contribution in [-0.2, 0) is 15.9 Å². The molecule has 1 N–H and O–H groups in total. The van der Waals surface area contributed by atoms with Crippen LogP contribution in [0.25, 0.3) is 0 Å². The predicted molar refractivity (Wildman–Crippen MR) is 120 cm³/mol. The molecule has 29 heavy (non-hydrogen) atoms. The minimum atomic E-state index is -0.118. The molecule has 0 spiro atoms. The Balaban J connectivity index is 1.73. The van der Waals surface area contributed by atoms with Crippen LogP contribution >= 0.6 is 15.9 Å². The van der Waals surface area contributed by atoms with Crippen molar-refractivity contribution in [3.8, 4) is 11.8 Å². The number of ether oxygens (including phenoxy) is 2. The van der Waals surface area contributed by atoms with Crippen LogP contribution in [0.4, 0.5) is 11.4 Å². The molecule has 0 bridgehead atoms. The maximum atomic E-state index is 5.54. The summed E-state index contributed by atoms with van der Waals surface area (Å²) >= 11 is 3.63. The van der Waals surface area contributed by atoms with E-state index in [4.69, 9.17) is 14.5 Å². The van der Waals surface area contributed by atoms with E-state index in [0.717, 1.165) is 78.4 Å². The molecule has 2 aromatic rings. The van der Waals surface area contributed by atoms with Crippen LogP contribution in [0.5, 0.6) is 0 Å². The maximum absolute atomic E-state index is 5.54. The quantitative estimate of drug-likeness (QED) is 0.704. The number of halogens is 1. The van der Waals surface area contributed by atoms with Gasteiger partial charge in [-0.05, 0) is 43.5 Å². The summed E-state index contributed by atoms with van der Waals surface area (Å²) in [4.78, 5) is 7.00. The van der Waals surface area contributed by atoms with Gasteiger partial charge >= 0.3 is 0 Å². The minimum Gasteiger partial charge on any atom is -0.384 e. The smallest absolute Gasteiger partial charge is 0.0975 e. The molecule has 0 saturated carbocycles. The van der Waals surface area contributed by atoms with Crippen molar-refractivity contribution in [2.75, 3.05) is 50.2 Å². The monoisotopic (exact) mass is 455 g/mol. The summed E-state index contributed by atoms with van der Waals surface area (Å²) in [6, 6.07) is 6.41.